The molecule has 122 valence electrons. The molecule has 1 saturated heterocycles. The van der Waals surface area contributed by atoms with Gasteiger partial charge in [-0.15, -0.1) is 0 Å². The van der Waals surface area contributed by atoms with Crippen molar-refractivity contribution in [2.24, 2.45) is 5.10 Å². The second kappa shape index (κ2) is 8.26. The van der Waals surface area contributed by atoms with Crippen molar-refractivity contribution < 1.29 is 4.74 Å². The zero-order chi connectivity index (χ0) is 15.9. The van der Waals surface area contributed by atoms with Crippen LogP contribution in [0.5, 0.6) is 0 Å². The van der Waals surface area contributed by atoms with Crippen LogP contribution in [0.4, 0.5) is 0 Å². The van der Waals surface area contributed by atoms with E-state index < -0.39 is 0 Å². The third kappa shape index (κ3) is 4.79. The minimum atomic E-state index is 0.554. The fourth-order valence-corrected chi connectivity index (χ4v) is 2.74. The summed E-state index contributed by atoms with van der Waals surface area (Å²) in [4.78, 5) is 5.56. The highest BCUT2D eigenvalue weighted by Crippen LogP contribution is 2.12. The molecular weight excluding hydrogens is 298 g/mol. The monoisotopic (exact) mass is 323 g/mol. The molecule has 1 aromatic rings. The summed E-state index contributed by atoms with van der Waals surface area (Å²) in [6.45, 7) is 11.5. The predicted molar refractivity (Wildman–Crippen MR) is 93.5 cm³/mol. The molecule has 0 atom stereocenters. The molecule has 0 radical (unpaired) electrons. The number of H-pyrrole nitrogens is 1. The van der Waals surface area contributed by atoms with E-state index in [1.807, 2.05) is 20.0 Å². The van der Waals surface area contributed by atoms with Gasteiger partial charge in [0.15, 0.2) is 5.11 Å². The highest BCUT2D eigenvalue weighted by Gasteiger charge is 2.10. The number of aryl methyl sites for hydroxylation is 2. The molecule has 1 aromatic heterocycles. The normalized spacial score (nSPS) is 16.6. The van der Waals surface area contributed by atoms with E-state index in [2.05, 4.69) is 32.7 Å². The quantitative estimate of drug-likeness (QED) is 0.431. The number of hydrazone groups is 1. The maximum atomic E-state index is 5.33. The van der Waals surface area contributed by atoms with Crippen LogP contribution in [0.3, 0.4) is 0 Å². The molecule has 1 aliphatic rings. The Morgan fingerprint density at radius 2 is 2.14 bits per heavy atom. The van der Waals surface area contributed by atoms with Crippen molar-refractivity contribution in [2.75, 3.05) is 39.4 Å². The molecule has 7 heteroatoms. The minimum absolute atomic E-state index is 0.554. The summed E-state index contributed by atoms with van der Waals surface area (Å²) >= 11 is 5.25. The fraction of sp³-hybridized carbons (Fsp3) is 0.600. The molecule has 6 nitrogen and oxygen atoms in total. The van der Waals surface area contributed by atoms with E-state index in [-0.39, 0.29) is 0 Å². The van der Waals surface area contributed by atoms with Crippen molar-refractivity contribution in [3.05, 3.63) is 23.0 Å². The average molecular weight is 323 g/mol. The highest BCUT2D eigenvalue weighted by atomic mass is 32.1. The van der Waals surface area contributed by atoms with Gasteiger partial charge < -0.3 is 15.0 Å². The number of rotatable bonds is 5. The third-order valence-electron chi connectivity index (χ3n) is 3.78. The lowest BCUT2D eigenvalue weighted by Crippen LogP contribution is -2.42. The van der Waals surface area contributed by atoms with Gasteiger partial charge in [0.1, 0.15) is 0 Å². The summed E-state index contributed by atoms with van der Waals surface area (Å²) in [5.74, 6) is 0. The summed E-state index contributed by atoms with van der Waals surface area (Å²) in [5, 5.41) is 8.10. The number of morpholine rings is 1. The Hall–Kier alpha value is -1.44. The summed E-state index contributed by atoms with van der Waals surface area (Å²) in [6.07, 6.45) is 1.99. The van der Waals surface area contributed by atoms with Crippen LogP contribution in [0.15, 0.2) is 11.3 Å². The number of aromatic amines is 1. The van der Waals surface area contributed by atoms with Gasteiger partial charge >= 0.3 is 0 Å². The number of nitrogens with one attached hydrogen (secondary N) is 3. The molecule has 0 aromatic carbocycles. The van der Waals surface area contributed by atoms with Crippen molar-refractivity contribution >= 4 is 23.0 Å². The van der Waals surface area contributed by atoms with Gasteiger partial charge in [0.05, 0.1) is 18.9 Å². The van der Waals surface area contributed by atoms with Crippen molar-refractivity contribution in [3.63, 3.8) is 0 Å². The zero-order valence-corrected chi connectivity index (χ0v) is 14.3. The van der Waals surface area contributed by atoms with Crippen molar-refractivity contribution in [3.8, 4) is 0 Å². The second-order valence-electron chi connectivity index (χ2n) is 5.49. The van der Waals surface area contributed by atoms with Crippen LogP contribution in [-0.2, 0) is 4.74 Å². The lowest BCUT2D eigenvalue weighted by Gasteiger charge is -2.26. The lowest BCUT2D eigenvalue weighted by molar-refractivity contribution is 0.0389. The number of thiocarbonyl (C=S) groups is 1. The smallest absolute Gasteiger partial charge is 0.187 e. The van der Waals surface area contributed by atoms with Gasteiger partial charge in [-0.2, -0.15) is 5.10 Å². The first kappa shape index (κ1) is 16.9. The molecule has 1 fully saturated rings. The van der Waals surface area contributed by atoms with Crippen molar-refractivity contribution in [1.29, 1.82) is 0 Å². The van der Waals surface area contributed by atoms with Crippen molar-refractivity contribution in [1.82, 2.24) is 20.6 Å². The Labute approximate surface area is 137 Å². The molecule has 0 spiro atoms. The Bertz CT molecular complexity index is 515. The molecule has 22 heavy (non-hydrogen) atoms. The van der Waals surface area contributed by atoms with Gasteiger partial charge in [-0.1, -0.05) is 0 Å². The summed E-state index contributed by atoms with van der Waals surface area (Å²) in [6, 6.07) is 0. The first-order chi connectivity index (χ1) is 10.6. The van der Waals surface area contributed by atoms with E-state index in [0.717, 1.165) is 56.4 Å². The van der Waals surface area contributed by atoms with Crippen LogP contribution in [0.1, 0.15) is 23.7 Å². The van der Waals surface area contributed by atoms with Gasteiger partial charge in [-0.3, -0.25) is 10.3 Å². The van der Waals surface area contributed by atoms with Gasteiger partial charge in [-0.05, 0) is 38.6 Å². The second-order valence-corrected chi connectivity index (χ2v) is 5.90. The Morgan fingerprint density at radius 1 is 1.41 bits per heavy atom. The van der Waals surface area contributed by atoms with Crippen LogP contribution in [0.2, 0.25) is 0 Å². The predicted octanol–water partition coefficient (Wildman–Crippen LogP) is 1.15. The SMILES string of the molecule is C/C(=N\NC(=S)NCCN1CCOCC1)c1c(C)c[nH]c1C. The first-order valence-corrected chi connectivity index (χ1v) is 8.02. The average Bonchev–Trinajstić information content (AvgIpc) is 2.85. The van der Waals surface area contributed by atoms with Crippen LogP contribution in [0.25, 0.3) is 0 Å². The lowest BCUT2D eigenvalue weighted by atomic mass is 10.1. The number of aromatic nitrogens is 1. The van der Waals surface area contributed by atoms with E-state index in [4.69, 9.17) is 17.0 Å². The van der Waals surface area contributed by atoms with E-state index in [0.29, 0.717) is 5.11 Å². The van der Waals surface area contributed by atoms with E-state index in [9.17, 15) is 0 Å². The van der Waals surface area contributed by atoms with Crippen LogP contribution in [0, 0.1) is 13.8 Å². The fourth-order valence-electron chi connectivity index (χ4n) is 2.60. The number of hydrogen-bond donors (Lipinski definition) is 3. The Balaban J connectivity index is 1.73. The molecule has 0 amide bonds. The van der Waals surface area contributed by atoms with Gasteiger partial charge in [0, 0.05) is 43.6 Å². The topological polar surface area (TPSA) is 64.7 Å². The summed E-state index contributed by atoms with van der Waals surface area (Å²) in [5.41, 5.74) is 7.29. The zero-order valence-electron chi connectivity index (χ0n) is 13.5. The Kier molecular flexibility index (Phi) is 6.35. The number of ether oxygens (including phenoxy) is 1. The van der Waals surface area contributed by atoms with E-state index in [1.165, 1.54) is 5.56 Å². The van der Waals surface area contributed by atoms with Crippen LogP contribution in [-0.4, -0.2) is 60.1 Å². The standard InChI is InChI=1S/C15H25N5OS/c1-11-10-17-12(2)14(11)13(3)18-19-15(22)16-4-5-20-6-8-21-9-7-20/h10,17H,4-9H2,1-3H3,(H2,16,19,22)/b18-13+. The minimum Gasteiger partial charge on any atom is -0.379 e. The molecule has 0 unspecified atom stereocenters. The molecule has 0 saturated carbocycles. The maximum Gasteiger partial charge on any atom is 0.187 e. The van der Waals surface area contributed by atoms with Gasteiger partial charge in [0.25, 0.3) is 0 Å². The Morgan fingerprint density at radius 3 is 2.77 bits per heavy atom. The van der Waals surface area contributed by atoms with Gasteiger partial charge in [-0.25, -0.2) is 0 Å². The molecule has 1 aliphatic heterocycles. The third-order valence-corrected chi connectivity index (χ3v) is 4.01. The van der Waals surface area contributed by atoms with E-state index in [1.54, 1.807) is 0 Å². The van der Waals surface area contributed by atoms with Gasteiger partial charge in [0.2, 0.25) is 0 Å². The van der Waals surface area contributed by atoms with Crippen molar-refractivity contribution in [2.45, 2.75) is 20.8 Å². The number of nitrogens with zero attached hydrogens (tertiary/aromatic N) is 2. The molecule has 0 bridgehead atoms. The number of hydrogen-bond acceptors (Lipinski definition) is 4. The maximum absolute atomic E-state index is 5.33. The molecular formula is C15H25N5OS. The molecule has 3 N–H and O–H groups in total. The van der Waals surface area contributed by atoms with Crippen LogP contribution < -0.4 is 10.7 Å². The molecule has 0 aliphatic carbocycles. The highest BCUT2D eigenvalue weighted by molar-refractivity contribution is 7.80. The van der Waals surface area contributed by atoms with Crippen LogP contribution >= 0.6 is 12.2 Å². The summed E-state index contributed by atoms with van der Waals surface area (Å²) in [7, 11) is 0. The van der Waals surface area contributed by atoms with E-state index >= 15 is 0 Å². The molecule has 2 rings (SSSR count). The summed E-state index contributed by atoms with van der Waals surface area (Å²) < 4.78 is 5.33. The molecule has 2 heterocycles. The first-order valence-electron chi connectivity index (χ1n) is 7.61. The largest absolute Gasteiger partial charge is 0.379 e.